The quantitative estimate of drug-likeness (QED) is 0.721. The normalized spacial score (nSPS) is 10.9. The molecule has 0 amide bonds. The molecule has 0 aliphatic rings. The van der Waals surface area contributed by atoms with E-state index in [0.717, 1.165) is 28.8 Å². The van der Waals surface area contributed by atoms with Gasteiger partial charge in [0.1, 0.15) is 5.75 Å². The van der Waals surface area contributed by atoms with Gasteiger partial charge in [0.25, 0.3) is 0 Å². The lowest BCUT2D eigenvalue weighted by Gasteiger charge is -2.08. The monoisotopic (exact) mass is 286 g/mol. The van der Waals surface area contributed by atoms with Gasteiger partial charge < -0.3 is 9.30 Å². The fourth-order valence-electron chi connectivity index (χ4n) is 2.33. The van der Waals surface area contributed by atoms with Gasteiger partial charge in [0.15, 0.2) is 0 Å². The van der Waals surface area contributed by atoms with Crippen LogP contribution in [-0.2, 0) is 6.54 Å². The van der Waals surface area contributed by atoms with Crippen LogP contribution >= 0.6 is 11.6 Å². The van der Waals surface area contributed by atoms with Gasteiger partial charge in [0.2, 0.25) is 0 Å². The highest BCUT2D eigenvalue weighted by molar-refractivity contribution is 6.31. The summed E-state index contributed by atoms with van der Waals surface area (Å²) in [5, 5.41) is 1.81. The van der Waals surface area contributed by atoms with Crippen LogP contribution in [0.3, 0.4) is 0 Å². The molecule has 4 heteroatoms. The number of nitrogens with zero attached hydrogens (tertiary/aromatic N) is 2. The van der Waals surface area contributed by atoms with Crippen molar-refractivity contribution in [3.63, 3.8) is 0 Å². The Bertz CT molecular complexity index is 736. The van der Waals surface area contributed by atoms with E-state index in [4.69, 9.17) is 16.3 Å². The second-order valence-electron chi connectivity index (χ2n) is 4.53. The molecule has 0 fully saturated rings. The predicted octanol–water partition coefficient (Wildman–Crippen LogP) is 4.14. The van der Waals surface area contributed by atoms with Gasteiger partial charge in [-0.1, -0.05) is 17.7 Å². The van der Waals surface area contributed by atoms with Crippen molar-refractivity contribution in [3.05, 3.63) is 59.5 Å². The van der Waals surface area contributed by atoms with E-state index >= 15 is 0 Å². The van der Waals surface area contributed by atoms with E-state index in [9.17, 15) is 0 Å². The highest BCUT2D eigenvalue weighted by Gasteiger charge is 2.08. The lowest BCUT2D eigenvalue weighted by molar-refractivity contribution is 0.344. The Morgan fingerprint density at radius 2 is 2.15 bits per heavy atom. The third-order valence-corrected chi connectivity index (χ3v) is 3.61. The Labute approximate surface area is 122 Å². The molecule has 0 spiro atoms. The number of fused-ring (bicyclic) bond motifs is 1. The number of pyridine rings is 1. The van der Waals surface area contributed by atoms with E-state index in [0.29, 0.717) is 11.6 Å². The van der Waals surface area contributed by atoms with Crippen molar-refractivity contribution >= 4 is 22.5 Å². The summed E-state index contributed by atoms with van der Waals surface area (Å²) in [5.74, 6) is 0.921. The summed E-state index contributed by atoms with van der Waals surface area (Å²) >= 11 is 6.17. The number of ether oxygens (including phenoxy) is 1. The third-order valence-electron chi connectivity index (χ3n) is 3.27. The first-order valence-corrected chi connectivity index (χ1v) is 6.96. The minimum atomic E-state index is 0.667. The average Bonchev–Trinajstić information content (AvgIpc) is 2.86. The fourth-order valence-corrected chi connectivity index (χ4v) is 2.51. The molecule has 0 aliphatic heterocycles. The second kappa shape index (κ2) is 5.55. The first-order valence-electron chi connectivity index (χ1n) is 6.58. The van der Waals surface area contributed by atoms with Crippen molar-refractivity contribution in [1.29, 1.82) is 0 Å². The lowest BCUT2D eigenvalue weighted by atomic mass is 10.2. The number of rotatable bonds is 4. The first-order chi connectivity index (χ1) is 9.79. The van der Waals surface area contributed by atoms with E-state index < -0.39 is 0 Å². The Kier molecular flexibility index (Phi) is 3.61. The molecule has 0 unspecified atom stereocenters. The van der Waals surface area contributed by atoms with Crippen molar-refractivity contribution in [2.45, 2.75) is 13.5 Å². The molecule has 3 aromatic rings. The van der Waals surface area contributed by atoms with E-state index in [1.807, 2.05) is 25.1 Å². The molecule has 3 nitrogen and oxygen atoms in total. The highest BCUT2D eigenvalue weighted by Crippen LogP contribution is 2.27. The van der Waals surface area contributed by atoms with Crippen LogP contribution in [0.1, 0.15) is 12.5 Å². The molecule has 0 N–H and O–H groups in total. The molecule has 0 radical (unpaired) electrons. The lowest BCUT2D eigenvalue weighted by Crippen LogP contribution is -1.99. The Morgan fingerprint density at radius 3 is 2.95 bits per heavy atom. The van der Waals surface area contributed by atoms with E-state index in [2.05, 4.69) is 27.9 Å². The maximum absolute atomic E-state index is 6.17. The molecule has 1 aromatic carbocycles. The van der Waals surface area contributed by atoms with Crippen LogP contribution in [0, 0.1) is 0 Å². The van der Waals surface area contributed by atoms with E-state index in [-0.39, 0.29) is 0 Å². The van der Waals surface area contributed by atoms with Crippen LogP contribution in [0.15, 0.2) is 48.9 Å². The summed E-state index contributed by atoms with van der Waals surface area (Å²) in [6, 6.07) is 10.1. The molecule has 0 aliphatic carbocycles. The maximum atomic E-state index is 6.17. The number of aromatic nitrogens is 2. The summed E-state index contributed by atoms with van der Waals surface area (Å²) in [6.45, 7) is 3.38. The topological polar surface area (TPSA) is 27.1 Å². The van der Waals surface area contributed by atoms with Crippen LogP contribution in [0.25, 0.3) is 10.9 Å². The number of benzene rings is 1. The molecule has 0 saturated carbocycles. The van der Waals surface area contributed by atoms with Crippen molar-refractivity contribution in [2.75, 3.05) is 6.61 Å². The van der Waals surface area contributed by atoms with Crippen LogP contribution in [0.4, 0.5) is 0 Å². The number of hydrogen-bond acceptors (Lipinski definition) is 2. The minimum Gasteiger partial charge on any atom is -0.493 e. The standard InChI is InChI=1S/C16H15ClN2O/c1-2-20-16-5-3-4-15-13(16)7-9-19(15)11-12-6-8-18-10-14(12)17/h3-10H,2,11H2,1H3. The van der Waals surface area contributed by atoms with Gasteiger partial charge in [-0.15, -0.1) is 0 Å². The summed E-state index contributed by atoms with van der Waals surface area (Å²) in [7, 11) is 0. The summed E-state index contributed by atoms with van der Waals surface area (Å²) in [5.41, 5.74) is 2.20. The molecule has 102 valence electrons. The molecular formula is C16H15ClN2O. The van der Waals surface area contributed by atoms with Crippen LogP contribution < -0.4 is 4.74 Å². The van der Waals surface area contributed by atoms with E-state index in [1.165, 1.54) is 0 Å². The third kappa shape index (κ3) is 2.37. The Morgan fingerprint density at radius 1 is 1.25 bits per heavy atom. The highest BCUT2D eigenvalue weighted by atomic mass is 35.5. The summed E-state index contributed by atoms with van der Waals surface area (Å²) in [4.78, 5) is 4.01. The first kappa shape index (κ1) is 13.0. The van der Waals surface area contributed by atoms with Crippen LogP contribution in [0.2, 0.25) is 5.02 Å². The zero-order valence-corrected chi connectivity index (χ0v) is 12.0. The van der Waals surface area contributed by atoms with Gasteiger partial charge in [0.05, 0.1) is 17.1 Å². The smallest absolute Gasteiger partial charge is 0.128 e. The fraction of sp³-hybridized carbons (Fsp3) is 0.188. The van der Waals surface area contributed by atoms with Gasteiger partial charge >= 0.3 is 0 Å². The molecule has 0 atom stereocenters. The minimum absolute atomic E-state index is 0.667. The summed E-state index contributed by atoms with van der Waals surface area (Å²) in [6.07, 6.45) is 5.50. The van der Waals surface area contributed by atoms with Crippen LogP contribution in [0.5, 0.6) is 5.75 Å². The SMILES string of the molecule is CCOc1cccc2c1ccn2Cc1ccncc1Cl. The molecule has 2 heterocycles. The summed E-state index contributed by atoms with van der Waals surface area (Å²) < 4.78 is 7.82. The number of hydrogen-bond donors (Lipinski definition) is 0. The van der Waals surface area contributed by atoms with Crippen LogP contribution in [-0.4, -0.2) is 16.2 Å². The maximum Gasteiger partial charge on any atom is 0.128 e. The Hall–Kier alpha value is -2.00. The van der Waals surface area contributed by atoms with Gasteiger partial charge in [-0.05, 0) is 36.8 Å². The van der Waals surface area contributed by atoms with Crippen molar-refractivity contribution in [2.24, 2.45) is 0 Å². The Balaban J connectivity index is 2.01. The molecular weight excluding hydrogens is 272 g/mol. The van der Waals surface area contributed by atoms with Gasteiger partial charge in [-0.3, -0.25) is 4.98 Å². The van der Waals surface area contributed by atoms with Crippen molar-refractivity contribution in [1.82, 2.24) is 9.55 Å². The molecule has 2 aromatic heterocycles. The zero-order valence-electron chi connectivity index (χ0n) is 11.2. The predicted molar refractivity (Wildman–Crippen MR) is 81.5 cm³/mol. The van der Waals surface area contributed by atoms with Gasteiger partial charge in [-0.2, -0.15) is 0 Å². The van der Waals surface area contributed by atoms with E-state index in [1.54, 1.807) is 12.4 Å². The molecule has 20 heavy (non-hydrogen) atoms. The molecule has 0 bridgehead atoms. The zero-order chi connectivity index (χ0) is 13.9. The van der Waals surface area contributed by atoms with Crippen molar-refractivity contribution < 1.29 is 4.74 Å². The average molecular weight is 287 g/mol. The second-order valence-corrected chi connectivity index (χ2v) is 4.94. The number of halogens is 1. The molecule has 3 rings (SSSR count). The van der Waals surface area contributed by atoms with Gasteiger partial charge in [-0.25, -0.2) is 0 Å². The largest absolute Gasteiger partial charge is 0.493 e. The molecule has 0 saturated heterocycles. The van der Waals surface area contributed by atoms with Crippen molar-refractivity contribution in [3.8, 4) is 5.75 Å². The van der Waals surface area contributed by atoms with Gasteiger partial charge in [0, 0.05) is 30.5 Å².